The van der Waals surface area contributed by atoms with Crippen LogP contribution in [0, 0.1) is 11.3 Å². The largest absolute Gasteiger partial charge is 0.478 e. The van der Waals surface area contributed by atoms with Crippen molar-refractivity contribution in [3.05, 3.63) is 76.9 Å². The first-order valence-corrected chi connectivity index (χ1v) is 11.6. The number of hydrogen-bond acceptors (Lipinski definition) is 3. The lowest BCUT2D eigenvalue weighted by atomic mass is 9.60. The van der Waals surface area contributed by atoms with Crippen LogP contribution in [0.15, 0.2) is 60.2 Å². The van der Waals surface area contributed by atoms with Crippen LogP contribution in [0.2, 0.25) is 0 Å². The maximum atomic E-state index is 11.4. The van der Waals surface area contributed by atoms with Gasteiger partial charge >= 0.3 is 5.97 Å². The van der Waals surface area contributed by atoms with E-state index in [1.54, 1.807) is 17.7 Å². The molecule has 0 aromatic heterocycles. The van der Waals surface area contributed by atoms with Crippen molar-refractivity contribution in [2.75, 3.05) is 13.1 Å². The molecule has 2 atom stereocenters. The van der Waals surface area contributed by atoms with E-state index in [1.165, 1.54) is 24.8 Å². The number of hydrogen-bond donors (Lipinski definition) is 2. The van der Waals surface area contributed by atoms with Crippen LogP contribution >= 0.6 is 0 Å². The molecule has 4 heteroatoms. The highest BCUT2D eigenvalue weighted by atomic mass is 16.4. The van der Waals surface area contributed by atoms with E-state index in [4.69, 9.17) is 0 Å². The fourth-order valence-corrected chi connectivity index (χ4v) is 5.81. The second-order valence-corrected chi connectivity index (χ2v) is 9.81. The Bertz CT molecular complexity index is 970. The number of aromatic carboxylic acids is 1. The van der Waals surface area contributed by atoms with Crippen molar-refractivity contribution in [2.24, 2.45) is 11.3 Å². The van der Waals surface area contributed by atoms with Gasteiger partial charge in [-0.1, -0.05) is 67.1 Å². The zero-order valence-corrected chi connectivity index (χ0v) is 18.3. The summed E-state index contributed by atoms with van der Waals surface area (Å²) in [5, 5.41) is 13.3. The minimum absolute atomic E-state index is 0.437. The zero-order chi connectivity index (χ0) is 21.4. The molecule has 2 aromatic carbocycles. The van der Waals surface area contributed by atoms with E-state index < -0.39 is 5.97 Å². The van der Waals surface area contributed by atoms with Gasteiger partial charge in [0.1, 0.15) is 0 Å². The molecular formula is C27H32N2O2. The Kier molecular flexibility index (Phi) is 5.45. The van der Waals surface area contributed by atoms with E-state index in [1.807, 2.05) is 12.1 Å². The zero-order valence-electron chi connectivity index (χ0n) is 18.3. The van der Waals surface area contributed by atoms with Crippen LogP contribution in [0.25, 0.3) is 6.08 Å². The van der Waals surface area contributed by atoms with E-state index in [-0.39, 0.29) is 0 Å². The number of benzene rings is 2. The predicted molar refractivity (Wildman–Crippen MR) is 124 cm³/mol. The van der Waals surface area contributed by atoms with E-state index in [0.29, 0.717) is 29.0 Å². The summed E-state index contributed by atoms with van der Waals surface area (Å²) in [6, 6.07) is 19.4. The highest BCUT2D eigenvalue weighted by molar-refractivity contribution is 5.89. The molecule has 1 aliphatic heterocycles. The van der Waals surface area contributed by atoms with Crippen molar-refractivity contribution in [1.82, 2.24) is 10.2 Å². The normalized spacial score (nSPS) is 25.1. The van der Waals surface area contributed by atoms with E-state index in [9.17, 15) is 9.90 Å². The van der Waals surface area contributed by atoms with Gasteiger partial charge in [-0.3, -0.25) is 4.90 Å². The van der Waals surface area contributed by atoms with Crippen molar-refractivity contribution >= 4 is 12.0 Å². The average Bonchev–Trinajstić information content (AvgIpc) is 3.49. The third-order valence-electron chi connectivity index (χ3n) is 7.39. The Balaban J connectivity index is 1.08. The molecule has 0 amide bonds. The van der Waals surface area contributed by atoms with Crippen molar-refractivity contribution in [3.8, 4) is 0 Å². The van der Waals surface area contributed by atoms with Gasteiger partial charge in [-0.25, -0.2) is 4.79 Å². The van der Waals surface area contributed by atoms with Crippen LogP contribution in [0.5, 0.6) is 0 Å². The molecule has 2 aromatic rings. The minimum Gasteiger partial charge on any atom is -0.478 e. The Morgan fingerprint density at radius 2 is 1.84 bits per heavy atom. The summed E-state index contributed by atoms with van der Waals surface area (Å²) in [7, 11) is 0. The summed E-state index contributed by atoms with van der Waals surface area (Å²) >= 11 is 0. The number of nitrogens with one attached hydrogen (secondary N) is 1. The lowest BCUT2D eigenvalue weighted by Gasteiger charge is -2.59. The van der Waals surface area contributed by atoms with Gasteiger partial charge in [0.15, 0.2) is 0 Å². The van der Waals surface area contributed by atoms with Gasteiger partial charge in [-0.2, -0.15) is 0 Å². The molecule has 1 spiro atoms. The highest BCUT2D eigenvalue weighted by Crippen LogP contribution is 2.50. The van der Waals surface area contributed by atoms with Crippen molar-refractivity contribution in [1.29, 1.82) is 0 Å². The van der Waals surface area contributed by atoms with E-state index in [0.717, 1.165) is 31.6 Å². The quantitative estimate of drug-likeness (QED) is 0.648. The summed E-state index contributed by atoms with van der Waals surface area (Å²) in [6.07, 6.45) is 7.30. The molecular weight excluding hydrogens is 384 g/mol. The molecule has 2 N–H and O–H groups in total. The highest BCUT2D eigenvalue weighted by Gasteiger charge is 2.53. The minimum atomic E-state index is -0.828. The fourth-order valence-electron chi connectivity index (χ4n) is 5.81. The first kappa shape index (κ1) is 20.5. The summed E-state index contributed by atoms with van der Waals surface area (Å²) < 4.78 is 0. The number of carboxylic acid groups (broad SMARTS) is 1. The van der Waals surface area contributed by atoms with Gasteiger partial charge in [0.05, 0.1) is 5.56 Å². The second kappa shape index (κ2) is 8.25. The Labute approximate surface area is 185 Å². The summed E-state index contributed by atoms with van der Waals surface area (Å²) in [5.74, 6) is -0.127. The molecule has 0 bridgehead atoms. The topological polar surface area (TPSA) is 52.6 Å². The van der Waals surface area contributed by atoms with E-state index >= 15 is 0 Å². The number of likely N-dealkylation sites (tertiary alicyclic amines) is 1. The van der Waals surface area contributed by atoms with Crippen molar-refractivity contribution in [2.45, 2.75) is 51.2 Å². The van der Waals surface area contributed by atoms with Gasteiger partial charge in [-0.15, -0.1) is 0 Å². The van der Waals surface area contributed by atoms with Crippen LogP contribution < -0.4 is 5.32 Å². The Hall–Kier alpha value is -2.43. The molecule has 2 aliphatic carbocycles. The van der Waals surface area contributed by atoms with Crippen LogP contribution in [0.4, 0.5) is 0 Å². The SMILES string of the molecule is CC/C(=C\c1ccccc1)[C@@H]1C[C@H]1NC1CC2(C1)CN(Cc1ccccc1C(=O)O)C2. The fraction of sp³-hybridized carbons (Fsp3) is 0.444. The molecule has 5 rings (SSSR count). The number of nitrogens with zero attached hydrogens (tertiary/aromatic N) is 1. The third kappa shape index (κ3) is 4.32. The molecule has 162 valence electrons. The summed E-state index contributed by atoms with van der Waals surface area (Å²) in [5.41, 5.74) is 4.72. The van der Waals surface area contributed by atoms with Crippen LogP contribution in [0.1, 0.15) is 54.1 Å². The molecule has 2 saturated carbocycles. The van der Waals surface area contributed by atoms with E-state index in [2.05, 4.69) is 53.5 Å². The molecule has 31 heavy (non-hydrogen) atoms. The maximum absolute atomic E-state index is 11.4. The van der Waals surface area contributed by atoms with Crippen molar-refractivity contribution in [3.63, 3.8) is 0 Å². The van der Waals surface area contributed by atoms with Gasteiger partial charge < -0.3 is 10.4 Å². The van der Waals surface area contributed by atoms with Crippen LogP contribution in [-0.4, -0.2) is 41.1 Å². The lowest BCUT2D eigenvalue weighted by molar-refractivity contribution is -0.0834. The Morgan fingerprint density at radius 1 is 1.13 bits per heavy atom. The standard InChI is InChI=1S/C27H32N2O2/c1-2-20(12-19-8-4-3-5-9-19)24-13-25(24)28-22-14-27(15-22)17-29(18-27)16-21-10-6-7-11-23(21)26(30)31/h3-12,22,24-25,28H,2,13-18H2,1H3,(H,30,31)/b20-12+/t24-,25+/m0/s1. The first-order chi connectivity index (χ1) is 15.0. The smallest absolute Gasteiger partial charge is 0.336 e. The Morgan fingerprint density at radius 3 is 2.55 bits per heavy atom. The van der Waals surface area contributed by atoms with Gasteiger partial charge in [0, 0.05) is 31.7 Å². The molecule has 1 saturated heterocycles. The number of carboxylic acids is 1. The maximum Gasteiger partial charge on any atom is 0.336 e. The summed E-state index contributed by atoms with van der Waals surface area (Å²) in [6.45, 7) is 5.22. The average molecular weight is 417 g/mol. The molecule has 0 radical (unpaired) electrons. The molecule has 1 heterocycles. The summed E-state index contributed by atoms with van der Waals surface area (Å²) in [4.78, 5) is 13.8. The van der Waals surface area contributed by atoms with Crippen molar-refractivity contribution < 1.29 is 9.90 Å². The molecule has 4 nitrogen and oxygen atoms in total. The molecule has 3 aliphatic rings. The lowest BCUT2D eigenvalue weighted by Crippen LogP contribution is -2.65. The van der Waals surface area contributed by atoms with Gasteiger partial charge in [-0.05, 0) is 54.2 Å². The molecule has 3 fully saturated rings. The monoisotopic (exact) mass is 416 g/mol. The van der Waals surface area contributed by atoms with Crippen LogP contribution in [0.3, 0.4) is 0 Å². The number of carbonyl (C=O) groups is 1. The third-order valence-corrected chi connectivity index (χ3v) is 7.39. The predicted octanol–water partition coefficient (Wildman–Crippen LogP) is 4.82. The number of rotatable bonds is 8. The van der Waals surface area contributed by atoms with Gasteiger partial charge in [0.2, 0.25) is 0 Å². The second-order valence-electron chi connectivity index (χ2n) is 9.81. The first-order valence-electron chi connectivity index (χ1n) is 11.6. The van der Waals surface area contributed by atoms with Crippen LogP contribution in [-0.2, 0) is 6.54 Å². The van der Waals surface area contributed by atoms with Gasteiger partial charge in [0.25, 0.3) is 0 Å². The molecule has 0 unspecified atom stereocenters.